The van der Waals surface area contributed by atoms with Gasteiger partial charge in [0.05, 0.1) is 10.7 Å². The van der Waals surface area contributed by atoms with Crippen molar-refractivity contribution >= 4 is 28.9 Å². The maximum absolute atomic E-state index is 6.17. The van der Waals surface area contributed by atoms with Gasteiger partial charge >= 0.3 is 0 Å². The van der Waals surface area contributed by atoms with Crippen LogP contribution >= 0.6 is 23.2 Å². The van der Waals surface area contributed by atoms with Gasteiger partial charge in [-0.25, -0.2) is 0 Å². The van der Waals surface area contributed by atoms with Crippen LogP contribution in [0.15, 0.2) is 18.2 Å². The van der Waals surface area contributed by atoms with Gasteiger partial charge in [0.15, 0.2) is 0 Å². The number of nitrogens with one attached hydrogen (secondary N) is 1. The highest BCUT2D eigenvalue weighted by atomic mass is 35.5. The number of anilines is 1. The fraction of sp³-hybridized carbons (Fsp3) is 0.571. The van der Waals surface area contributed by atoms with E-state index in [9.17, 15) is 0 Å². The molecule has 0 saturated heterocycles. The van der Waals surface area contributed by atoms with Crippen LogP contribution in [0.1, 0.15) is 33.1 Å². The molecular weight excluding hydrogens is 253 g/mol. The lowest BCUT2D eigenvalue weighted by Crippen LogP contribution is -2.30. The molecule has 1 N–H and O–H groups in total. The Kier molecular flexibility index (Phi) is 4.22. The van der Waals surface area contributed by atoms with Crippen LogP contribution in [0.2, 0.25) is 10.0 Å². The van der Waals surface area contributed by atoms with Gasteiger partial charge in [0.1, 0.15) is 0 Å². The summed E-state index contributed by atoms with van der Waals surface area (Å²) in [6.07, 6.45) is 3.79. The molecular formula is C14H19Cl2N. The maximum Gasteiger partial charge on any atom is 0.0652 e. The largest absolute Gasteiger partial charge is 0.381 e. The van der Waals surface area contributed by atoms with E-state index in [4.69, 9.17) is 23.2 Å². The van der Waals surface area contributed by atoms with E-state index in [1.54, 1.807) is 6.07 Å². The van der Waals surface area contributed by atoms with Gasteiger partial charge < -0.3 is 5.32 Å². The van der Waals surface area contributed by atoms with E-state index >= 15 is 0 Å². The third-order valence-electron chi connectivity index (χ3n) is 3.47. The van der Waals surface area contributed by atoms with E-state index in [2.05, 4.69) is 19.2 Å². The Morgan fingerprint density at radius 1 is 1.06 bits per heavy atom. The molecule has 0 amide bonds. The summed E-state index contributed by atoms with van der Waals surface area (Å²) in [6, 6.07) is 6.17. The number of hydrogen-bond donors (Lipinski definition) is 1. The van der Waals surface area contributed by atoms with Crippen LogP contribution in [0.5, 0.6) is 0 Å². The van der Waals surface area contributed by atoms with E-state index < -0.39 is 0 Å². The van der Waals surface area contributed by atoms with Gasteiger partial charge in [-0.2, -0.15) is 0 Å². The first-order valence-electron chi connectivity index (χ1n) is 6.26. The molecule has 0 radical (unpaired) electrons. The van der Waals surface area contributed by atoms with Crippen LogP contribution in [0, 0.1) is 11.8 Å². The van der Waals surface area contributed by atoms with E-state index in [-0.39, 0.29) is 0 Å². The van der Waals surface area contributed by atoms with Gasteiger partial charge in [0.25, 0.3) is 0 Å². The molecule has 17 heavy (non-hydrogen) atoms. The normalized spacial score (nSPS) is 29.1. The number of halogens is 2. The molecule has 1 fully saturated rings. The van der Waals surface area contributed by atoms with Gasteiger partial charge in [0.2, 0.25) is 0 Å². The minimum Gasteiger partial charge on any atom is -0.381 e. The molecule has 94 valence electrons. The highest BCUT2D eigenvalue weighted by Crippen LogP contribution is 2.33. The van der Waals surface area contributed by atoms with Gasteiger partial charge in [0, 0.05) is 11.1 Å². The Labute approximate surface area is 114 Å². The Morgan fingerprint density at radius 3 is 2.29 bits per heavy atom. The molecule has 3 heteroatoms. The van der Waals surface area contributed by atoms with Crippen LogP contribution in [-0.4, -0.2) is 6.04 Å². The van der Waals surface area contributed by atoms with Crippen LogP contribution in [0.4, 0.5) is 5.69 Å². The minimum atomic E-state index is 0.535. The average Bonchev–Trinajstić information content (AvgIpc) is 2.21. The Hall–Kier alpha value is -0.400. The van der Waals surface area contributed by atoms with Crippen molar-refractivity contribution < 1.29 is 0 Å². The zero-order valence-electron chi connectivity index (χ0n) is 10.3. The van der Waals surface area contributed by atoms with Crippen LogP contribution in [0.3, 0.4) is 0 Å². The lowest BCUT2D eigenvalue weighted by molar-refractivity contribution is 0.281. The van der Waals surface area contributed by atoms with Crippen molar-refractivity contribution in [3.63, 3.8) is 0 Å². The molecule has 1 saturated carbocycles. The van der Waals surface area contributed by atoms with Crippen molar-refractivity contribution in [1.82, 2.24) is 0 Å². The smallest absolute Gasteiger partial charge is 0.0652 e. The second kappa shape index (κ2) is 5.49. The molecule has 0 heterocycles. The number of rotatable bonds is 2. The summed E-state index contributed by atoms with van der Waals surface area (Å²) >= 11 is 12.1. The molecule has 1 aliphatic carbocycles. The monoisotopic (exact) mass is 271 g/mol. The zero-order valence-corrected chi connectivity index (χ0v) is 11.9. The molecule has 1 nitrogen and oxygen atoms in total. The lowest BCUT2D eigenvalue weighted by Gasteiger charge is -2.32. The van der Waals surface area contributed by atoms with E-state index in [0.717, 1.165) is 17.5 Å². The van der Waals surface area contributed by atoms with Crippen molar-refractivity contribution in [2.75, 3.05) is 5.32 Å². The minimum absolute atomic E-state index is 0.535. The van der Waals surface area contributed by atoms with E-state index in [1.165, 1.54) is 19.3 Å². The fourth-order valence-electron chi connectivity index (χ4n) is 2.89. The highest BCUT2D eigenvalue weighted by molar-refractivity contribution is 6.36. The summed E-state index contributed by atoms with van der Waals surface area (Å²) in [5.41, 5.74) is 1.00. The van der Waals surface area contributed by atoms with E-state index in [1.807, 2.05) is 12.1 Å². The average molecular weight is 272 g/mol. The molecule has 0 aromatic heterocycles. The Bertz CT molecular complexity index is 382. The van der Waals surface area contributed by atoms with Crippen molar-refractivity contribution in [2.45, 2.75) is 39.2 Å². The van der Waals surface area contributed by atoms with Gasteiger partial charge in [-0.15, -0.1) is 0 Å². The summed E-state index contributed by atoms with van der Waals surface area (Å²) in [6.45, 7) is 4.65. The lowest BCUT2D eigenvalue weighted by atomic mass is 9.80. The summed E-state index contributed by atoms with van der Waals surface area (Å²) < 4.78 is 0. The zero-order chi connectivity index (χ0) is 12.4. The SMILES string of the molecule is CC1CC(C)CC(Nc2ccc(Cl)cc2Cl)C1. The Morgan fingerprint density at radius 2 is 1.71 bits per heavy atom. The number of hydrogen-bond acceptors (Lipinski definition) is 1. The van der Waals surface area contributed by atoms with Crippen LogP contribution in [-0.2, 0) is 0 Å². The van der Waals surface area contributed by atoms with Crippen LogP contribution in [0.25, 0.3) is 0 Å². The molecule has 0 bridgehead atoms. The highest BCUT2D eigenvalue weighted by Gasteiger charge is 2.24. The molecule has 2 atom stereocenters. The third-order valence-corrected chi connectivity index (χ3v) is 4.02. The molecule has 0 spiro atoms. The second-order valence-corrected chi connectivity index (χ2v) is 6.23. The van der Waals surface area contributed by atoms with E-state index in [0.29, 0.717) is 16.1 Å². The first-order valence-corrected chi connectivity index (χ1v) is 7.01. The first-order chi connectivity index (χ1) is 8.04. The predicted molar refractivity (Wildman–Crippen MR) is 76.1 cm³/mol. The molecule has 1 aliphatic rings. The van der Waals surface area contributed by atoms with Crippen molar-refractivity contribution in [1.29, 1.82) is 0 Å². The van der Waals surface area contributed by atoms with Crippen molar-refractivity contribution in [2.24, 2.45) is 11.8 Å². The Balaban J connectivity index is 2.04. The summed E-state index contributed by atoms with van der Waals surface area (Å²) in [5.74, 6) is 1.59. The molecule has 1 aromatic rings. The maximum atomic E-state index is 6.17. The number of benzene rings is 1. The van der Waals surface area contributed by atoms with Gasteiger partial charge in [-0.1, -0.05) is 37.0 Å². The third kappa shape index (κ3) is 3.53. The second-order valence-electron chi connectivity index (χ2n) is 5.38. The fourth-order valence-corrected chi connectivity index (χ4v) is 3.35. The molecule has 2 rings (SSSR count). The topological polar surface area (TPSA) is 12.0 Å². The molecule has 1 aromatic carbocycles. The standard InChI is InChI=1S/C14H19Cl2N/c1-9-5-10(2)7-12(6-9)17-14-4-3-11(15)8-13(14)16/h3-4,8-10,12,17H,5-7H2,1-2H3. The summed E-state index contributed by atoms with van der Waals surface area (Å²) in [7, 11) is 0. The van der Waals surface area contributed by atoms with Crippen molar-refractivity contribution in [3.8, 4) is 0 Å². The molecule has 0 aliphatic heterocycles. The molecule has 2 unspecified atom stereocenters. The first kappa shape index (κ1) is 13.0. The van der Waals surface area contributed by atoms with Crippen LogP contribution < -0.4 is 5.32 Å². The summed E-state index contributed by atoms with van der Waals surface area (Å²) in [4.78, 5) is 0. The quantitative estimate of drug-likeness (QED) is 0.777. The predicted octanol–water partition coefficient (Wildman–Crippen LogP) is 5.23. The summed E-state index contributed by atoms with van der Waals surface area (Å²) in [5, 5.41) is 4.94. The van der Waals surface area contributed by atoms with Gasteiger partial charge in [-0.05, 0) is 49.3 Å². The van der Waals surface area contributed by atoms with Crippen molar-refractivity contribution in [3.05, 3.63) is 28.2 Å². The van der Waals surface area contributed by atoms with Gasteiger partial charge in [-0.3, -0.25) is 0 Å².